The highest BCUT2D eigenvalue weighted by Gasteiger charge is 2.54. The number of primary amides is 1. The first kappa shape index (κ1) is 19.8. The van der Waals surface area contributed by atoms with Gasteiger partial charge in [0.05, 0.1) is 17.7 Å². The fourth-order valence-electron chi connectivity index (χ4n) is 3.87. The van der Waals surface area contributed by atoms with E-state index in [0.717, 1.165) is 6.07 Å². The molecule has 0 aliphatic heterocycles. The molecule has 1 aromatic carbocycles. The molecule has 4 rings (SSSR count). The van der Waals surface area contributed by atoms with E-state index in [1.165, 1.54) is 13.0 Å². The molecule has 2 fully saturated rings. The normalized spacial score (nSPS) is 19.7. The summed E-state index contributed by atoms with van der Waals surface area (Å²) < 4.78 is 43.7. The molecule has 5 nitrogen and oxygen atoms in total. The number of carbonyl (C=O) groups is 1. The average Bonchev–Trinajstić information content (AvgIpc) is 3.56. The van der Waals surface area contributed by atoms with Gasteiger partial charge in [-0.3, -0.25) is 4.79 Å². The zero-order chi connectivity index (χ0) is 21.1. The highest BCUT2D eigenvalue weighted by atomic mass is 19.1. The third kappa shape index (κ3) is 3.02. The smallest absolute Gasteiger partial charge is 0.228 e. The summed E-state index contributed by atoms with van der Waals surface area (Å²) in [4.78, 5) is 16.2. The number of aliphatic hydroxyl groups excluding tert-OH is 1. The molecule has 0 bridgehead atoms. The predicted molar refractivity (Wildman–Crippen MR) is 98.1 cm³/mol. The number of rotatable bonds is 6. The van der Waals surface area contributed by atoms with Crippen molar-refractivity contribution in [1.82, 2.24) is 4.98 Å². The Morgan fingerprint density at radius 3 is 2.41 bits per heavy atom. The lowest BCUT2D eigenvalue weighted by Crippen LogP contribution is -2.36. The van der Waals surface area contributed by atoms with Crippen molar-refractivity contribution < 1.29 is 28.2 Å². The Morgan fingerprint density at radius 1 is 1.24 bits per heavy atom. The van der Waals surface area contributed by atoms with Gasteiger partial charge in [0.1, 0.15) is 22.9 Å². The van der Waals surface area contributed by atoms with Gasteiger partial charge in [0, 0.05) is 17.2 Å². The van der Waals surface area contributed by atoms with E-state index < -0.39 is 46.7 Å². The molecule has 4 N–H and O–H groups in total. The van der Waals surface area contributed by atoms with Crippen LogP contribution in [0.15, 0.2) is 18.2 Å². The molecular weight excluding hydrogens is 385 g/mol. The van der Waals surface area contributed by atoms with Gasteiger partial charge in [0.2, 0.25) is 5.91 Å². The van der Waals surface area contributed by atoms with Crippen molar-refractivity contribution in [2.24, 2.45) is 11.7 Å². The van der Waals surface area contributed by atoms with Crippen LogP contribution >= 0.6 is 0 Å². The van der Waals surface area contributed by atoms with Crippen molar-refractivity contribution in [2.75, 3.05) is 6.61 Å². The zero-order valence-corrected chi connectivity index (χ0v) is 15.8. The molecule has 29 heavy (non-hydrogen) atoms. The largest absolute Gasteiger partial charge is 0.393 e. The second kappa shape index (κ2) is 6.53. The van der Waals surface area contributed by atoms with E-state index in [1.54, 1.807) is 0 Å². The maximum absolute atomic E-state index is 15.5. The monoisotopic (exact) mass is 406 g/mol. The number of benzene rings is 1. The van der Waals surface area contributed by atoms with Crippen molar-refractivity contribution in [1.29, 1.82) is 0 Å². The first-order valence-corrected chi connectivity index (χ1v) is 9.44. The summed E-state index contributed by atoms with van der Waals surface area (Å²) >= 11 is 0. The van der Waals surface area contributed by atoms with Crippen LogP contribution in [0.4, 0.5) is 13.2 Å². The second-order valence-corrected chi connectivity index (χ2v) is 8.10. The lowest BCUT2D eigenvalue weighted by atomic mass is 9.87. The molecule has 2 saturated carbocycles. The average molecular weight is 406 g/mol. The van der Waals surface area contributed by atoms with Crippen LogP contribution in [0.3, 0.4) is 0 Å². The number of aryl methyl sites for hydroxylation is 1. The molecule has 2 aliphatic carbocycles. The van der Waals surface area contributed by atoms with Crippen LogP contribution in [0.5, 0.6) is 0 Å². The maximum atomic E-state index is 15.5. The van der Waals surface area contributed by atoms with Gasteiger partial charge in [-0.25, -0.2) is 18.2 Å². The van der Waals surface area contributed by atoms with Crippen molar-refractivity contribution in [3.63, 3.8) is 0 Å². The van der Waals surface area contributed by atoms with Crippen molar-refractivity contribution in [3.8, 4) is 11.3 Å². The summed E-state index contributed by atoms with van der Waals surface area (Å²) in [6, 6.07) is 3.01. The molecule has 1 aromatic heterocycles. The number of halogens is 3. The molecule has 1 heterocycles. The number of aliphatic hydroxyl groups is 2. The Morgan fingerprint density at radius 2 is 1.90 bits per heavy atom. The van der Waals surface area contributed by atoms with Gasteiger partial charge in [-0.15, -0.1) is 0 Å². The Hall–Kier alpha value is -2.45. The lowest BCUT2D eigenvalue weighted by molar-refractivity contribution is -0.120. The van der Waals surface area contributed by atoms with Crippen LogP contribution < -0.4 is 5.73 Å². The first-order chi connectivity index (χ1) is 13.6. The third-order valence-electron chi connectivity index (χ3n) is 6.14. The summed E-state index contributed by atoms with van der Waals surface area (Å²) in [7, 11) is 0. The number of aromatic nitrogens is 1. The minimum atomic E-state index is -1.75. The van der Waals surface area contributed by atoms with Gasteiger partial charge in [0.15, 0.2) is 5.82 Å². The van der Waals surface area contributed by atoms with E-state index in [9.17, 15) is 23.8 Å². The fourth-order valence-corrected chi connectivity index (χ4v) is 3.87. The summed E-state index contributed by atoms with van der Waals surface area (Å²) in [6.45, 7) is 0.741. The summed E-state index contributed by atoms with van der Waals surface area (Å²) in [5, 5.41) is 20.8. The number of hydrogen-bond acceptors (Lipinski definition) is 4. The zero-order valence-electron chi connectivity index (χ0n) is 15.8. The fraction of sp³-hybridized carbons (Fsp3) is 0.429. The van der Waals surface area contributed by atoms with Crippen molar-refractivity contribution in [2.45, 2.75) is 43.6 Å². The number of amides is 1. The highest BCUT2D eigenvalue weighted by Crippen LogP contribution is 2.52. The Kier molecular flexibility index (Phi) is 4.47. The van der Waals surface area contributed by atoms with Crippen LogP contribution in [0, 0.1) is 30.3 Å². The standard InChI is InChI=1S/C21H21F3N2O3/c1-10-6-12(15(23)8-14(10)22)18-17(24)13(20(4-5-20)19(25)28)7-16(26-18)21(29,9-27)11-2-3-11/h6-8,11,27,29H,2-5,9H2,1H3,(H2,25,28). The molecule has 1 unspecified atom stereocenters. The number of nitrogens with two attached hydrogens (primary N) is 1. The minimum Gasteiger partial charge on any atom is -0.393 e. The van der Waals surface area contributed by atoms with Gasteiger partial charge in [-0.2, -0.15) is 0 Å². The number of carbonyl (C=O) groups excluding carboxylic acids is 1. The molecule has 1 atom stereocenters. The van der Waals surface area contributed by atoms with E-state index in [1.807, 2.05) is 0 Å². The second-order valence-electron chi connectivity index (χ2n) is 8.10. The number of hydrogen-bond donors (Lipinski definition) is 3. The quantitative estimate of drug-likeness (QED) is 0.687. The molecule has 0 radical (unpaired) electrons. The van der Waals surface area contributed by atoms with Gasteiger partial charge >= 0.3 is 0 Å². The number of nitrogens with zero attached hydrogens (tertiary/aromatic N) is 1. The molecule has 2 aliphatic rings. The van der Waals surface area contributed by atoms with Crippen LogP contribution in [-0.4, -0.2) is 27.7 Å². The predicted octanol–water partition coefficient (Wildman–Crippen LogP) is 2.58. The molecular formula is C21H21F3N2O3. The van der Waals surface area contributed by atoms with E-state index in [0.29, 0.717) is 31.7 Å². The van der Waals surface area contributed by atoms with Crippen LogP contribution in [0.1, 0.15) is 42.5 Å². The van der Waals surface area contributed by atoms with Crippen molar-refractivity contribution >= 4 is 5.91 Å². The summed E-state index contributed by atoms with van der Waals surface area (Å²) in [5.74, 6) is -3.76. The van der Waals surface area contributed by atoms with Gasteiger partial charge in [-0.05, 0) is 56.2 Å². The minimum absolute atomic E-state index is 0.0530. The van der Waals surface area contributed by atoms with E-state index in [-0.39, 0.29) is 28.3 Å². The molecule has 1 amide bonds. The number of pyridine rings is 1. The SMILES string of the molecule is Cc1cc(-c2nc(C(O)(CO)C3CC3)cc(C3(C(N)=O)CC3)c2F)c(F)cc1F. The first-order valence-electron chi connectivity index (χ1n) is 9.44. The van der Waals surface area contributed by atoms with E-state index in [2.05, 4.69) is 4.98 Å². The van der Waals surface area contributed by atoms with Gasteiger partial charge in [0.25, 0.3) is 0 Å². The molecule has 0 spiro atoms. The third-order valence-corrected chi connectivity index (χ3v) is 6.14. The topological polar surface area (TPSA) is 96.4 Å². The van der Waals surface area contributed by atoms with E-state index in [4.69, 9.17) is 5.73 Å². The molecule has 154 valence electrons. The van der Waals surface area contributed by atoms with E-state index >= 15 is 4.39 Å². The van der Waals surface area contributed by atoms with Gasteiger partial charge < -0.3 is 15.9 Å². The molecule has 8 heteroatoms. The summed E-state index contributed by atoms with van der Waals surface area (Å²) in [5.41, 5.74) is 1.70. The maximum Gasteiger partial charge on any atom is 0.228 e. The van der Waals surface area contributed by atoms with Crippen molar-refractivity contribution in [3.05, 3.63) is 52.5 Å². The van der Waals surface area contributed by atoms with Crippen LogP contribution in [0.2, 0.25) is 0 Å². The lowest BCUT2D eigenvalue weighted by Gasteiger charge is -2.27. The van der Waals surface area contributed by atoms with Crippen LogP contribution in [-0.2, 0) is 15.8 Å². The van der Waals surface area contributed by atoms with Crippen LogP contribution in [0.25, 0.3) is 11.3 Å². The molecule has 0 saturated heterocycles. The Bertz CT molecular complexity index is 1020. The van der Waals surface area contributed by atoms with Gasteiger partial charge in [-0.1, -0.05) is 0 Å². The molecule has 2 aromatic rings. The Labute approximate surface area is 165 Å². The summed E-state index contributed by atoms with van der Waals surface area (Å²) in [6.07, 6.45) is 1.92. The highest BCUT2D eigenvalue weighted by molar-refractivity contribution is 5.90. The Balaban J connectivity index is 2.00.